The summed E-state index contributed by atoms with van der Waals surface area (Å²) in [5.74, 6) is -2.99. The quantitative estimate of drug-likeness (QED) is 0.122. The summed E-state index contributed by atoms with van der Waals surface area (Å²) in [7, 11) is 1.98. The molecule has 0 bridgehead atoms. The second kappa shape index (κ2) is 17.4. The van der Waals surface area contributed by atoms with Crippen molar-refractivity contribution in [2.45, 2.75) is 70.6 Å². The average molecular weight is 768 g/mol. The summed E-state index contributed by atoms with van der Waals surface area (Å²) in [5.41, 5.74) is 2.86. The Morgan fingerprint density at radius 3 is 2.30 bits per heavy atom. The molecule has 2 aliphatic heterocycles. The van der Waals surface area contributed by atoms with Crippen molar-refractivity contribution in [3.8, 4) is 17.3 Å². The van der Waals surface area contributed by atoms with E-state index >= 15 is 4.39 Å². The van der Waals surface area contributed by atoms with Gasteiger partial charge in [-0.25, -0.2) is 9.37 Å². The number of nitrogen functional groups attached to an aromatic ring is 1. The van der Waals surface area contributed by atoms with E-state index in [1.807, 2.05) is 18.9 Å². The van der Waals surface area contributed by atoms with E-state index in [1.165, 1.54) is 19.1 Å². The first-order chi connectivity index (χ1) is 24.9. The number of pyridine rings is 1. The number of rotatable bonds is 11. The number of hydrogen-bond acceptors (Lipinski definition) is 10. The molecule has 288 valence electrons. The lowest BCUT2D eigenvalue weighted by Gasteiger charge is -2.40. The molecule has 0 spiro atoms. The number of anilines is 2. The highest BCUT2D eigenvalue weighted by molar-refractivity contribution is 6.34. The molecular formula is C35H42ClF4N7O6. The Bertz CT molecular complexity index is 1850. The zero-order valence-corrected chi connectivity index (χ0v) is 30.3. The Morgan fingerprint density at radius 1 is 1.09 bits per heavy atom. The van der Waals surface area contributed by atoms with E-state index < -0.39 is 40.8 Å². The molecule has 2 unspecified atom stereocenters. The van der Waals surface area contributed by atoms with Crippen LogP contribution in [0.15, 0.2) is 24.8 Å². The number of carbonyl (C=O) groups excluding carboxylic acids is 1. The zero-order chi connectivity index (χ0) is 39.2. The maximum Gasteiger partial charge on any atom is 0.418 e. The molecule has 0 aliphatic carbocycles. The highest BCUT2D eigenvalue weighted by Crippen LogP contribution is 2.44. The first-order valence-electron chi connectivity index (χ1n) is 16.9. The number of aryl methyl sites for hydroxylation is 1. The van der Waals surface area contributed by atoms with Gasteiger partial charge in [0, 0.05) is 49.9 Å². The normalized spacial score (nSPS) is 17.7. The predicted octanol–water partition coefficient (Wildman–Crippen LogP) is 5.81. The Kier molecular flexibility index (Phi) is 13.4. The minimum Gasteiger partial charge on any atom is -0.481 e. The number of hydrogen-bond donors (Lipinski definition) is 3. The molecule has 2 aliphatic rings. The number of likely N-dealkylation sites (tertiary alicyclic amines) is 1. The third-order valence-electron chi connectivity index (χ3n) is 9.09. The summed E-state index contributed by atoms with van der Waals surface area (Å²) in [6, 6.07) is 2.13. The molecule has 18 heteroatoms. The van der Waals surface area contributed by atoms with Crippen LogP contribution in [0.4, 0.5) is 29.2 Å². The summed E-state index contributed by atoms with van der Waals surface area (Å²) >= 11 is 6.54. The molecule has 3 aromatic rings. The molecule has 53 heavy (non-hydrogen) atoms. The molecule has 1 amide bonds. The van der Waals surface area contributed by atoms with Gasteiger partial charge in [-0.1, -0.05) is 18.2 Å². The standard InChI is InChI=1S/C29H32ClF4N7O2.C6H10O4/c1-5-21(42)40-9-10-41(16(3)13-40)27-18-12-19(30)22(26-23(29(32,33)34)15(2)11-20(35)36-26)24(31)25(18)37-28(38-27)43-14-17-7-6-8-39(17)4;7-5(8)3-1-2-4-6(9)10/h5,11-12,16-17H,1,6-10,13-14H2,2-4H3,(H2,35,36);1-4H2,(H,7,8)(H,9,10). The van der Waals surface area contributed by atoms with Crippen LogP contribution in [-0.4, -0.2) is 105 Å². The van der Waals surface area contributed by atoms with E-state index in [4.69, 9.17) is 32.3 Å². The van der Waals surface area contributed by atoms with E-state index in [1.54, 1.807) is 4.90 Å². The van der Waals surface area contributed by atoms with Crippen LogP contribution >= 0.6 is 11.6 Å². The Balaban J connectivity index is 0.000000550. The molecule has 13 nitrogen and oxygen atoms in total. The van der Waals surface area contributed by atoms with Crippen molar-refractivity contribution in [1.82, 2.24) is 24.8 Å². The maximum absolute atomic E-state index is 16.5. The van der Waals surface area contributed by atoms with Crippen molar-refractivity contribution in [2.24, 2.45) is 0 Å². The number of fused-ring (bicyclic) bond motifs is 1. The lowest BCUT2D eigenvalue weighted by molar-refractivity contribution is -0.139. The van der Waals surface area contributed by atoms with Crippen molar-refractivity contribution in [1.29, 1.82) is 0 Å². The number of benzene rings is 1. The van der Waals surface area contributed by atoms with Gasteiger partial charge in [-0.05, 0) is 76.9 Å². The number of carboxylic acid groups (broad SMARTS) is 2. The van der Waals surface area contributed by atoms with Crippen LogP contribution in [0, 0.1) is 12.7 Å². The van der Waals surface area contributed by atoms with Crippen molar-refractivity contribution in [2.75, 3.05) is 50.5 Å². The average Bonchev–Trinajstić information content (AvgIpc) is 3.48. The van der Waals surface area contributed by atoms with Gasteiger partial charge in [-0.2, -0.15) is 23.1 Å². The molecule has 0 saturated carbocycles. The van der Waals surface area contributed by atoms with Crippen LogP contribution in [0.1, 0.15) is 56.6 Å². The second-order valence-corrected chi connectivity index (χ2v) is 13.4. The largest absolute Gasteiger partial charge is 0.481 e. The number of carbonyl (C=O) groups is 3. The number of carboxylic acids is 2. The molecule has 4 N–H and O–H groups in total. The highest BCUT2D eigenvalue weighted by atomic mass is 35.5. The van der Waals surface area contributed by atoms with Gasteiger partial charge in [0.15, 0.2) is 5.82 Å². The number of halogens is 5. The van der Waals surface area contributed by atoms with Crippen LogP contribution in [0.25, 0.3) is 22.2 Å². The SMILES string of the molecule is C=CC(=O)N1CCN(c2nc(OCC3CCCN3C)nc3c(F)c(-c4nc(N)cc(C)c4C(F)(F)F)c(Cl)cc23)C(C)C1.O=C(O)CCCCC(=O)O. The van der Waals surface area contributed by atoms with E-state index in [9.17, 15) is 27.6 Å². The van der Waals surface area contributed by atoms with Crippen LogP contribution in [0.2, 0.25) is 5.02 Å². The first kappa shape index (κ1) is 41.0. The highest BCUT2D eigenvalue weighted by Gasteiger charge is 2.39. The lowest BCUT2D eigenvalue weighted by atomic mass is 9.99. The van der Waals surface area contributed by atoms with Gasteiger partial charge in [0.25, 0.3) is 0 Å². The fourth-order valence-corrected chi connectivity index (χ4v) is 6.69. The number of aliphatic carboxylic acids is 2. The summed E-state index contributed by atoms with van der Waals surface area (Å²) in [6.07, 6.45) is -0.691. The van der Waals surface area contributed by atoms with E-state index in [2.05, 4.69) is 26.4 Å². The number of likely N-dealkylation sites (N-methyl/N-ethyl adjacent to an activating group) is 1. The number of amides is 1. The number of unbranched alkanes of at least 4 members (excludes halogenated alkanes) is 1. The maximum atomic E-state index is 16.5. The molecule has 0 radical (unpaired) electrons. The number of aromatic nitrogens is 3. The Morgan fingerprint density at radius 2 is 1.75 bits per heavy atom. The van der Waals surface area contributed by atoms with Gasteiger partial charge in [0.1, 0.15) is 23.8 Å². The van der Waals surface area contributed by atoms with E-state index in [-0.39, 0.29) is 76.6 Å². The predicted molar refractivity (Wildman–Crippen MR) is 190 cm³/mol. The molecule has 5 rings (SSSR count). The number of nitrogens with two attached hydrogens (primary N) is 1. The monoisotopic (exact) mass is 767 g/mol. The first-order valence-corrected chi connectivity index (χ1v) is 17.3. The second-order valence-electron chi connectivity index (χ2n) is 13.0. The number of alkyl halides is 3. The van der Waals surface area contributed by atoms with Gasteiger partial charge in [0.2, 0.25) is 5.91 Å². The van der Waals surface area contributed by atoms with Crippen molar-refractivity contribution in [3.05, 3.63) is 46.8 Å². The third kappa shape index (κ3) is 10.0. The number of ether oxygens (including phenoxy) is 1. The van der Waals surface area contributed by atoms with Crippen molar-refractivity contribution < 1.29 is 46.9 Å². The van der Waals surface area contributed by atoms with Gasteiger partial charge in [-0.15, -0.1) is 0 Å². The molecule has 1 aromatic carbocycles. The minimum absolute atomic E-state index is 0.0628. The summed E-state index contributed by atoms with van der Waals surface area (Å²) in [4.78, 5) is 50.5. The molecule has 2 saturated heterocycles. The van der Waals surface area contributed by atoms with E-state index in [0.29, 0.717) is 32.5 Å². The van der Waals surface area contributed by atoms with Gasteiger partial charge >= 0.3 is 24.1 Å². The van der Waals surface area contributed by atoms with Crippen LogP contribution in [0.5, 0.6) is 6.01 Å². The molecule has 2 atom stereocenters. The summed E-state index contributed by atoms with van der Waals surface area (Å²) in [6.45, 7) is 8.84. The number of nitrogens with zero attached hydrogens (tertiary/aromatic N) is 6. The number of piperazine rings is 1. The smallest absolute Gasteiger partial charge is 0.418 e. The van der Waals surface area contributed by atoms with Crippen LogP contribution < -0.4 is 15.4 Å². The van der Waals surface area contributed by atoms with Gasteiger partial charge in [-0.3, -0.25) is 14.4 Å². The Hall–Kier alpha value is -4.77. The van der Waals surface area contributed by atoms with Gasteiger partial charge < -0.3 is 35.4 Å². The lowest BCUT2D eigenvalue weighted by Crippen LogP contribution is -2.53. The molecule has 2 fully saturated rings. The molecule has 4 heterocycles. The fraction of sp³-hybridized carbons (Fsp3) is 0.486. The van der Waals surface area contributed by atoms with Crippen molar-refractivity contribution in [3.63, 3.8) is 0 Å². The Labute approximate surface area is 308 Å². The third-order valence-corrected chi connectivity index (χ3v) is 9.39. The minimum atomic E-state index is -4.86. The summed E-state index contributed by atoms with van der Waals surface area (Å²) < 4.78 is 65.0. The summed E-state index contributed by atoms with van der Waals surface area (Å²) in [5, 5.41) is 16.1. The molecular weight excluding hydrogens is 726 g/mol. The van der Waals surface area contributed by atoms with Crippen LogP contribution in [-0.2, 0) is 20.6 Å². The fourth-order valence-electron chi connectivity index (χ4n) is 6.41. The van der Waals surface area contributed by atoms with Crippen LogP contribution in [0.3, 0.4) is 0 Å². The van der Waals surface area contributed by atoms with E-state index in [0.717, 1.165) is 25.5 Å². The topological polar surface area (TPSA) is 175 Å². The molecule has 2 aromatic heterocycles. The zero-order valence-electron chi connectivity index (χ0n) is 29.5. The van der Waals surface area contributed by atoms with Gasteiger partial charge in [0.05, 0.1) is 21.8 Å². The van der Waals surface area contributed by atoms with Crippen molar-refractivity contribution >= 4 is 52.0 Å².